The summed E-state index contributed by atoms with van der Waals surface area (Å²) < 4.78 is 0.989. The number of nitrogens with one attached hydrogen (secondary N) is 2. The summed E-state index contributed by atoms with van der Waals surface area (Å²) in [6, 6.07) is 5.56. The number of benzene rings is 1. The van der Waals surface area contributed by atoms with Crippen LogP contribution in [0.25, 0.3) is 0 Å². The summed E-state index contributed by atoms with van der Waals surface area (Å²) in [5, 5.41) is 42.8. The summed E-state index contributed by atoms with van der Waals surface area (Å²) in [5.41, 5.74) is 8.05. The van der Waals surface area contributed by atoms with E-state index in [0.717, 1.165) is 34.8 Å². The molecule has 1 aromatic rings. The number of amidine groups is 1. The Bertz CT molecular complexity index is 1210. The molecule has 1 aliphatic rings. The topological polar surface area (TPSA) is 197 Å². The molecule has 0 bridgehead atoms. The van der Waals surface area contributed by atoms with Crippen molar-refractivity contribution in [2.75, 3.05) is 39.3 Å². The molecule has 1 amide bonds. The van der Waals surface area contributed by atoms with Crippen molar-refractivity contribution in [1.82, 2.24) is 15.1 Å². The number of carboxylic acid groups (broad SMARTS) is 3. The van der Waals surface area contributed by atoms with E-state index in [1.807, 2.05) is 21.9 Å². The van der Waals surface area contributed by atoms with E-state index in [1.165, 1.54) is 0 Å². The van der Waals surface area contributed by atoms with Crippen molar-refractivity contribution >= 4 is 54.2 Å². The minimum absolute atomic E-state index is 0.00111. The van der Waals surface area contributed by atoms with Crippen molar-refractivity contribution in [1.29, 1.82) is 5.41 Å². The van der Waals surface area contributed by atoms with Crippen molar-refractivity contribution in [3.05, 3.63) is 41.0 Å². The summed E-state index contributed by atoms with van der Waals surface area (Å²) in [7, 11) is 0. The molecule has 13 heteroatoms. The number of amides is 1. The normalized spacial score (nSPS) is 18.8. The molecule has 1 saturated heterocycles. The molecular formula is C31H46AlN5O7. The summed E-state index contributed by atoms with van der Waals surface area (Å²) in [4.78, 5) is 51.1. The SMILES string of the molecule is [CH2]=[Al][c]1cc(CNC(=O)CN2CCCC(CC(=O)O)CCCC/C(=C/CC(=O)O)CCN(CC(=O)O)CC2)cc(C(=N)N)c1. The Labute approximate surface area is 265 Å². The monoisotopic (exact) mass is 627 g/mol. The molecule has 1 aliphatic heterocycles. The van der Waals surface area contributed by atoms with E-state index in [4.69, 9.17) is 16.2 Å². The number of hydrogen-bond donors (Lipinski definition) is 6. The molecule has 2 rings (SSSR count). The van der Waals surface area contributed by atoms with E-state index in [1.54, 1.807) is 12.1 Å². The van der Waals surface area contributed by atoms with Gasteiger partial charge in [0.05, 0.1) is 6.42 Å². The summed E-state index contributed by atoms with van der Waals surface area (Å²) in [6.45, 7) is 2.03. The Morgan fingerprint density at radius 2 is 1.64 bits per heavy atom. The van der Waals surface area contributed by atoms with Crippen LogP contribution in [0.5, 0.6) is 0 Å². The standard InChI is InChI=1S/C30H44N5O7.CH2.Al/c31-30(32)25-9-3-7-24(17-25)19-33-26(36)20-34-13-4-8-23(18-28(39)40)6-2-1-5-22(10-11-27(37)38)12-14-35(16-15-34)21-29(41)42;;/h7,9-10,17,23H,1-2,4-6,8,11-16,18-21H2,(H3,31,32)(H,33,36)(H,37,38)(H,39,40)(H,41,42);1H2;/b22-10-;;. The quantitative estimate of drug-likeness (QED) is 0.0850. The zero-order valence-corrected chi connectivity index (χ0v) is 26.6. The van der Waals surface area contributed by atoms with E-state index in [0.29, 0.717) is 57.4 Å². The average Bonchev–Trinajstić information content (AvgIpc) is 2.96. The van der Waals surface area contributed by atoms with Gasteiger partial charge in [0, 0.05) is 6.42 Å². The minimum atomic E-state index is -0.962. The fourth-order valence-electron chi connectivity index (χ4n) is 5.41. The summed E-state index contributed by atoms with van der Waals surface area (Å²) in [6.07, 6.45) is 6.67. The van der Waals surface area contributed by atoms with Crippen LogP contribution >= 0.6 is 0 Å². The Kier molecular flexibility index (Phi) is 16.6. The van der Waals surface area contributed by atoms with Gasteiger partial charge in [-0.1, -0.05) is 18.1 Å². The number of nitrogen functional groups attached to an aromatic ring is 1. The number of aliphatic carboxylic acids is 3. The Balaban J connectivity index is 2.17. The predicted octanol–water partition coefficient (Wildman–Crippen LogP) is 1.27. The van der Waals surface area contributed by atoms with Crippen molar-refractivity contribution < 1.29 is 34.5 Å². The van der Waals surface area contributed by atoms with E-state index in [-0.39, 0.29) is 64.9 Å². The molecule has 0 radical (unpaired) electrons. The Morgan fingerprint density at radius 1 is 0.932 bits per heavy atom. The van der Waals surface area contributed by atoms with E-state index >= 15 is 0 Å². The van der Waals surface area contributed by atoms with Crippen LogP contribution in [0.15, 0.2) is 29.8 Å². The zero-order chi connectivity index (χ0) is 32.5. The first-order valence-corrected chi connectivity index (χ1v) is 16.5. The maximum absolute atomic E-state index is 13.1. The van der Waals surface area contributed by atoms with Crippen LogP contribution in [0, 0.1) is 11.3 Å². The molecule has 1 unspecified atom stereocenters. The molecule has 0 aromatic heterocycles. The molecule has 1 fully saturated rings. The molecule has 240 valence electrons. The van der Waals surface area contributed by atoms with E-state index in [9.17, 15) is 29.4 Å². The van der Waals surface area contributed by atoms with Crippen LogP contribution in [0.3, 0.4) is 0 Å². The van der Waals surface area contributed by atoms with Crippen molar-refractivity contribution in [3.8, 4) is 0 Å². The van der Waals surface area contributed by atoms with Crippen LogP contribution in [-0.4, -0.2) is 114 Å². The number of nitrogens with two attached hydrogens (primary N) is 1. The van der Waals surface area contributed by atoms with Gasteiger partial charge in [-0.2, -0.15) is 0 Å². The first-order valence-electron chi connectivity index (χ1n) is 15.1. The van der Waals surface area contributed by atoms with Crippen molar-refractivity contribution in [3.63, 3.8) is 0 Å². The van der Waals surface area contributed by atoms with Crippen LogP contribution in [0.2, 0.25) is 0 Å². The average molecular weight is 628 g/mol. The number of carbonyl (C=O) groups is 4. The maximum atomic E-state index is 13.1. The summed E-state index contributed by atoms with van der Waals surface area (Å²) >= 11 is -0.236. The van der Waals surface area contributed by atoms with Gasteiger partial charge in [-0.05, 0) is 25.7 Å². The van der Waals surface area contributed by atoms with Crippen LogP contribution in [-0.2, 0) is 25.7 Å². The number of rotatable bonds is 12. The number of carbonyl (C=O) groups excluding carboxylic acids is 1. The molecular weight excluding hydrogens is 581 g/mol. The second-order valence-electron chi connectivity index (χ2n) is 11.4. The van der Waals surface area contributed by atoms with E-state index in [2.05, 4.69) is 10.7 Å². The molecule has 0 saturated carbocycles. The number of nitrogens with zero attached hydrogens (tertiary/aromatic N) is 2. The van der Waals surface area contributed by atoms with Crippen molar-refractivity contribution in [2.24, 2.45) is 11.7 Å². The van der Waals surface area contributed by atoms with Crippen LogP contribution in [0.4, 0.5) is 0 Å². The van der Waals surface area contributed by atoms with Gasteiger partial charge in [-0.3, -0.25) is 14.4 Å². The Hall–Kier alpha value is -3.37. The third-order valence-corrected chi connectivity index (χ3v) is 8.54. The van der Waals surface area contributed by atoms with Gasteiger partial charge in [0.25, 0.3) is 0 Å². The van der Waals surface area contributed by atoms with Gasteiger partial charge in [0.1, 0.15) is 0 Å². The molecule has 1 aromatic carbocycles. The third-order valence-electron chi connectivity index (χ3n) is 7.73. The molecule has 1 heterocycles. The van der Waals surface area contributed by atoms with Gasteiger partial charge >= 0.3 is 179 Å². The molecule has 0 aliphatic carbocycles. The second kappa shape index (κ2) is 19.8. The summed E-state index contributed by atoms with van der Waals surface area (Å²) in [5.74, 6) is -2.98. The molecule has 44 heavy (non-hydrogen) atoms. The first kappa shape index (κ1) is 36.8. The Morgan fingerprint density at radius 3 is 2.27 bits per heavy atom. The van der Waals surface area contributed by atoms with Gasteiger partial charge in [-0.25, -0.2) is 0 Å². The van der Waals surface area contributed by atoms with Crippen molar-refractivity contribution in [2.45, 2.75) is 64.3 Å². The third kappa shape index (κ3) is 15.4. The fourth-order valence-corrected chi connectivity index (χ4v) is 6.04. The van der Waals surface area contributed by atoms with E-state index < -0.39 is 17.9 Å². The van der Waals surface area contributed by atoms with Gasteiger partial charge < -0.3 is 15.3 Å². The van der Waals surface area contributed by atoms with Crippen LogP contribution in [0.1, 0.15) is 68.9 Å². The molecule has 12 nitrogen and oxygen atoms in total. The molecule has 1 atom stereocenters. The predicted molar refractivity (Wildman–Crippen MR) is 171 cm³/mol. The zero-order valence-electron chi connectivity index (χ0n) is 25.4. The number of carboxylic acids is 3. The van der Waals surface area contributed by atoms with Gasteiger partial charge in [0.2, 0.25) is 0 Å². The van der Waals surface area contributed by atoms with Crippen LogP contribution < -0.4 is 15.5 Å². The van der Waals surface area contributed by atoms with Gasteiger partial charge in [-0.15, -0.1) is 0 Å². The van der Waals surface area contributed by atoms with Gasteiger partial charge in [0.15, 0.2) is 0 Å². The molecule has 7 N–H and O–H groups in total. The number of hydrogen-bond acceptors (Lipinski definition) is 7. The first-order chi connectivity index (χ1) is 20.9. The fraction of sp³-hybridized carbons (Fsp3) is 0.548. The second-order valence-corrected chi connectivity index (χ2v) is 12.4. The molecule has 0 spiro atoms.